The third kappa shape index (κ3) is 3.13. The number of aromatic amines is 1. The van der Waals surface area contributed by atoms with E-state index in [9.17, 15) is 19.1 Å². The molecule has 1 atom stereocenters. The van der Waals surface area contributed by atoms with Gasteiger partial charge in [-0.1, -0.05) is 12.1 Å². The topological polar surface area (TPSA) is 99.2 Å². The van der Waals surface area contributed by atoms with Crippen LogP contribution in [-0.4, -0.2) is 31.7 Å². The van der Waals surface area contributed by atoms with Crippen molar-refractivity contribution in [2.75, 3.05) is 4.90 Å². The molecule has 158 valence electrons. The van der Waals surface area contributed by atoms with Crippen LogP contribution in [0, 0.1) is 12.7 Å². The molecule has 2 aromatic carbocycles. The number of hydrogen-bond acceptors (Lipinski definition) is 5. The molecule has 7 nitrogen and oxygen atoms in total. The van der Waals surface area contributed by atoms with E-state index < -0.39 is 29.3 Å². The van der Waals surface area contributed by atoms with Crippen LogP contribution in [-0.2, 0) is 9.59 Å². The molecule has 4 aromatic rings. The van der Waals surface area contributed by atoms with Crippen molar-refractivity contribution >= 4 is 34.4 Å². The molecular formula is C24H17FN4O3. The molecule has 0 aliphatic carbocycles. The number of carbonyl (C=O) groups is 2. The maximum absolute atomic E-state index is 13.4. The molecule has 2 aromatic heterocycles. The Balaban J connectivity index is 1.72. The summed E-state index contributed by atoms with van der Waals surface area (Å²) in [6.07, 6.45) is 3.09. The maximum atomic E-state index is 13.4. The number of Topliss-reactive ketones (excluding diaryl/α,β-unsaturated/α-hetero) is 1. The Morgan fingerprint density at radius 1 is 1.12 bits per heavy atom. The number of imidazole rings is 1. The van der Waals surface area contributed by atoms with Crippen molar-refractivity contribution in [1.29, 1.82) is 0 Å². The molecule has 1 aliphatic rings. The second-order valence-corrected chi connectivity index (χ2v) is 7.54. The minimum atomic E-state index is -0.963. The van der Waals surface area contributed by atoms with E-state index in [4.69, 9.17) is 0 Å². The average Bonchev–Trinajstić information content (AvgIpc) is 3.32. The second kappa shape index (κ2) is 7.42. The van der Waals surface area contributed by atoms with Gasteiger partial charge >= 0.3 is 5.91 Å². The van der Waals surface area contributed by atoms with Gasteiger partial charge in [0.25, 0.3) is 5.78 Å². The monoisotopic (exact) mass is 428 g/mol. The first kappa shape index (κ1) is 19.6. The summed E-state index contributed by atoms with van der Waals surface area (Å²) in [5.41, 5.74) is 2.98. The molecule has 5 rings (SSSR count). The van der Waals surface area contributed by atoms with Gasteiger partial charge in [-0.05, 0) is 60.5 Å². The molecule has 1 saturated heterocycles. The molecular weight excluding hydrogens is 411 g/mol. The zero-order chi connectivity index (χ0) is 22.4. The number of nitrogens with zero attached hydrogens (tertiary/aromatic N) is 3. The number of hydrogen-bond donors (Lipinski definition) is 2. The van der Waals surface area contributed by atoms with Gasteiger partial charge in [0.05, 0.1) is 22.6 Å². The summed E-state index contributed by atoms with van der Waals surface area (Å²) in [4.78, 5) is 39.1. The van der Waals surface area contributed by atoms with E-state index in [1.54, 1.807) is 18.3 Å². The predicted molar refractivity (Wildman–Crippen MR) is 116 cm³/mol. The SMILES string of the molecule is Cc1ccc2nc(N3C(=O)C(=O)/C(=C(/O)c4ccc(F)cc4)C3c3cccnc3)[nH]c2c1. The number of pyridine rings is 1. The molecule has 32 heavy (non-hydrogen) atoms. The number of aromatic nitrogens is 3. The normalized spacial score (nSPS) is 17.9. The summed E-state index contributed by atoms with van der Waals surface area (Å²) >= 11 is 0. The molecule has 0 saturated carbocycles. The fourth-order valence-corrected chi connectivity index (χ4v) is 3.89. The fourth-order valence-electron chi connectivity index (χ4n) is 3.89. The lowest BCUT2D eigenvalue weighted by molar-refractivity contribution is -0.132. The Bertz CT molecular complexity index is 1390. The zero-order valence-corrected chi connectivity index (χ0v) is 16.9. The van der Waals surface area contributed by atoms with E-state index in [0.717, 1.165) is 5.56 Å². The van der Waals surface area contributed by atoms with Crippen LogP contribution < -0.4 is 4.90 Å². The van der Waals surface area contributed by atoms with E-state index in [0.29, 0.717) is 16.6 Å². The fraction of sp³-hybridized carbons (Fsp3) is 0.0833. The van der Waals surface area contributed by atoms with Crippen LogP contribution in [0.5, 0.6) is 0 Å². The minimum Gasteiger partial charge on any atom is -0.507 e. The summed E-state index contributed by atoms with van der Waals surface area (Å²) < 4.78 is 13.4. The number of carbonyl (C=O) groups excluding carboxylic acids is 2. The standard InChI is InChI=1S/C24H17FN4O3/c1-13-4-9-17-18(11-13)28-24(27-17)29-20(15-3-2-10-26-12-15)19(22(31)23(29)32)21(30)14-5-7-16(25)8-6-14/h2-12,20,30H,1H3,(H,27,28)/b21-19+. The zero-order valence-electron chi connectivity index (χ0n) is 16.9. The number of anilines is 1. The number of aliphatic hydroxyl groups excluding tert-OH is 1. The quantitative estimate of drug-likeness (QED) is 0.292. The van der Waals surface area contributed by atoms with Crippen molar-refractivity contribution in [2.45, 2.75) is 13.0 Å². The van der Waals surface area contributed by atoms with Gasteiger partial charge in [0, 0.05) is 18.0 Å². The number of fused-ring (bicyclic) bond motifs is 1. The number of benzene rings is 2. The van der Waals surface area contributed by atoms with Gasteiger partial charge < -0.3 is 10.1 Å². The lowest BCUT2D eigenvalue weighted by atomic mass is 9.96. The van der Waals surface area contributed by atoms with Gasteiger partial charge in [-0.2, -0.15) is 0 Å². The van der Waals surface area contributed by atoms with Crippen molar-refractivity contribution in [3.63, 3.8) is 0 Å². The van der Waals surface area contributed by atoms with Crippen LogP contribution in [0.25, 0.3) is 16.8 Å². The van der Waals surface area contributed by atoms with Crippen LogP contribution in [0.3, 0.4) is 0 Å². The Kier molecular flexibility index (Phi) is 4.55. The number of amides is 1. The summed E-state index contributed by atoms with van der Waals surface area (Å²) in [6.45, 7) is 1.94. The first-order chi connectivity index (χ1) is 15.4. The van der Waals surface area contributed by atoms with Gasteiger partial charge in [0.1, 0.15) is 11.6 Å². The van der Waals surface area contributed by atoms with Crippen LogP contribution in [0.15, 0.2) is 72.6 Å². The highest BCUT2D eigenvalue weighted by Crippen LogP contribution is 2.41. The highest BCUT2D eigenvalue weighted by Gasteiger charge is 2.48. The second-order valence-electron chi connectivity index (χ2n) is 7.54. The Hall–Kier alpha value is -4.33. The smallest absolute Gasteiger partial charge is 0.302 e. The van der Waals surface area contributed by atoms with Crippen molar-refractivity contribution in [3.8, 4) is 0 Å². The summed E-state index contributed by atoms with van der Waals surface area (Å²) in [6, 6.07) is 13.1. The van der Waals surface area contributed by atoms with Crippen molar-refractivity contribution in [3.05, 3.63) is 95.1 Å². The Morgan fingerprint density at radius 3 is 2.62 bits per heavy atom. The Labute approximate surface area is 181 Å². The van der Waals surface area contributed by atoms with Crippen LogP contribution >= 0.6 is 0 Å². The predicted octanol–water partition coefficient (Wildman–Crippen LogP) is 4.03. The summed E-state index contributed by atoms with van der Waals surface area (Å²) in [7, 11) is 0. The molecule has 2 N–H and O–H groups in total. The van der Waals surface area contributed by atoms with Crippen LogP contribution in [0.2, 0.25) is 0 Å². The molecule has 8 heteroatoms. The number of rotatable bonds is 3. The largest absolute Gasteiger partial charge is 0.507 e. The third-order valence-corrected chi connectivity index (χ3v) is 5.42. The van der Waals surface area contributed by atoms with Crippen molar-refractivity contribution in [1.82, 2.24) is 15.0 Å². The number of ketones is 1. The number of aliphatic hydroxyl groups is 1. The number of halogens is 1. The highest BCUT2D eigenvalue weighted by atomic mass is 19.1. The van der Waals surface area contributed by atoms with E-state index >= 15 is 0 Å². The van der Waals surface area contributed by atoms with Gasteiger partial charge in [-0.15, -0.1) is 0 Å². The van der Waals surface area contributed by atoms with E-state index in [-0.39, 0.29) is 17.1 Å². The van der Waals surface area contributed by atoms with E-state index in [2.05, 4.69) is 15.0 Å². The number of H-pyrrole nitrogens is 1. The highest BCUT2D eigenvalue weighted by molar-refractivity contribution is 6.51. The summed E-state index contributed by atoms with van der Waals surface area (Å²) in [5, 5.41) is 11.0. The average molecular weight is 428 g/mol. The molecule has 1 unspecified atom stereocenters. The summed E-state index contributed by atoms with van der Waals surface area (Å²) in [5.74, 6) is -2.40. The van der Waals surface area contributed by atoms with Crippen molar-refractivity contribution < 1.29 is 19.1 Å². The molecule has 1 amide bonds. The van der Waals surface area contributed by atoms with Crippen LogP contribution in [0.4, 0.5) is 10.3 Å². The molecule has 3 heterocycles. The molecule has 1 aliphatic heterocycles. The van der Waals surface area contributed by atoms with E-state index in [1.807, 2.05) is 25.1 Å². The van der Waals surface area contributed by atoms with Crippen LogP contribution in [0.1, 0.15) is 22.7 Å². The molecule has 0 radical (unpaired) electrons. The lowest BCUT2D eigenvalue weighted by Crippen LogP contribution is -2.30. The molecule has 1 fully saturated rings. The number of aryl methyl sites for hydroxylation is 1. The van der Waals surface area contributed by atoms with E-state index in [1.165, 1.54) is 35.4 Å². The lowest BCUT2D eigenvalue weighted by Gasteiger charge is -2.22. The van der Waals surface area contributed by atoms with Gasteiger partial charge in [0.15, 0.2) is 0 Å². The first-order valence-corrected chi connectivity index (χ1v) is 9.87. The number of nitrogens with one attached hydrogen (secondary N) is 1. The first-order valence-electron chi connectivity index (χ1n) is 9.87. The minimum absolute atomic E-state index is 0.119. The van der Waals surface area contributed by atoms with Crippen molar-refractivity contribution in [2.24, 2.45) is 0 Å². The van der Waals surface area contributed by atoms with Gasteiger partial charge in [0.2, 0.25) is 5.95 Å². The Morgan fingerprint density at radius 2 is 1.91 bits per heavy atom. The van der Waals surface area contributed by atoms with Gasteiger partial charge in [-0.25, -0.2) is 9.37 Å². The van der Waals surface area contributed by atoms with Gasteiger partial charge in [-0.3, -0.25) is 19.5 Å². The third-order valence-electron chi connectivity index (χ3n) is 5.42. The molecule has 0 spiro atoms. The maximum Gasteiger partial charge on any atom is 0.302 e. The molecule has 0 bridgehead atoms.